The second kappa shape index (κ2) is 8.78. The first kappa shape index (κ1) is 19.0. The minimum absolute atomic E-state index is 0.0672. The molecule has 0 unspecified atom stereocenters. The molecule has 0 saturated carbocycles. The maximum atomic E-state index is 12.2. The largest absolute Gasteiger partial charge is 0.497 e. The topological polar surface area (TPSA) is 94.5 Å². The van der Waals surface area contributed by atoms with Crippen molar-refractivity contribution in [2.45, 2.75) is 11.6 Å². The Bertz CT molecular complexity index is 1090. The number of carbonyl (C=O) groups is 1. The van der Waals surface area contributed by atoms with Gasteiger partial charge in [-0.1, -0.05) is 23.9 Å². The summed E-state index contributed by atoms with van der Waals surface area (Å²) in [5, 5.41) is 16.2. The van der Waals surface area contributed by atoms with Crippen molar-refractivity contribution in [1.82, 2.24) is 25.1 Å². The normalized spacial score (nSPS) is 10.9. The number of methoxy groups -OCH3 is 1. The SMILES string of the molecule is COc1ccc(CCNC(=O)CSc2nnc3ccc(-c4ccco4)nn23)cc1. The predicted molar refractivity (Wildman–Crippen MR) is 109 cm³/mol. The minimum atomic E-state index is -0.0672. The zero-order valence-electron chi connectivity index (χ0n) is 15.7. The molecule has 0 aliphatic carbocycles. The highest BCUT2D eigenvalue weighted by Gasteiger charge is 2.12. The summed E-state index contributed by atoms with van der Waals surface area (Å²) in [6.07, 6.45) is 2.35. The highest BCUT2D eigenvalue weighted by atomic mass is 32.2. The van der Waals surface area contributed by atoms with Gasteiger partial charge in [0.05, 0.1) is 19.1 Å². The predicted octanol–water partition coefficient (Wildman–Crippen LogP) is 2.84. The summed E-state index contributed by atoms with van der Waals surface area (Å²) in [6, 6.07) is 15.1. The van der Waals surface area contributed by atoms with E-state index in [0.717, 1.165) is 17.7 Å². The van der Waals surface area contributed by atoms with E-state index in [4.69, 9.17) is 9.15 Å². The summed E-state index contributed by atoms with van der Waals surface area (Å²) in [5.41, 5.74) is 2.42. The van der Waals surface area contributed by atoms with E-state index in [0.29, 0.717) is 28.8 Å². The molecule has 0 atom stereocenters. The lowest BCUT2D eigenvalue weighted by atomic mass is 10.1. The molecule has 0 bridgehead atoms. The zero-order chi connectivity index (χ0) is 20.1. The van der Waals surface area contributed by atoms with Gasteiger partial charge in [-0.3, -0.25) is 4.79 Å². The third-order valence-corrected chi connectivity index (χ3v) is 5.15. The third kappa shape index (κ3) is 4.57. The van der Waals surface area contributed by atoms with Gasteiger partial charge in [-0.05, 0) is 48.4 Å². The Labute approximate surface area is 171 Å². The van der Waals surface area contributed by atoms with Crippen molar-refractivity contribution >= 4 is 23.3 Å². The van der Waals surface area contributed by atoms with Crippen LogP contribution in [0.5, 0.6) is 5.75 Å². The fourth-order valence-corrected chi connectivity index (χ4v) is 3.45. The standard InChI is InChI=1S/C20H19N5O3S/c1-27-15-6-4-14(5-7-15)10-11-21-19(26)13-29-20-23-22-18-9-8-16(24-25(18)20)17-3-2-12-28-17/h2-9,12H,10-11,13H2,1H3,(H,21,26). The van der Waals surface area contributed by atoms with E-state index in [-0.39, 0.29) is 11.7 Å². The molecule has 3 heterocycles. The lowest BCUT2D eigenvalue weighted by Gasteiger charge is -2.06. The number of hydrogen-bond donors (Lipinski definition) is 1. The van der Waals surface area contributed by atoms with Gasteiger partial charge in [0, 0.05) is 6.54 Å². The van der Waals surface area contributed by atoms with Crippen LogP contribution in [0.3, 0.4) is 0 Å². The molecule has 8 nitrogen and oxygen atoms in total. The molecule has 4 rings (SSSR count). The highest BCUT2D eigenvalue weighted by Crippen LogP contribution is 2.20. The number of benzene rings is 1. The second-order valence-corrected chi connectivity index (χ2v) is 7.13. The van der Waals surface area contributed by atoms with Crippen LogP contribution in [-0.4, -0.2) is 45.1 Å². The molecule has 148 valence electrons. The molecular weight excluding hydrogens is 390 g/mol. The summed E-state index contributed by atoms with van der Waals surface area (Å²) in [6.45, 7) is 0.563. The van der Waals surface area contributed by atoms with Gasteiger partial charge in [0.1, 0.15) is 11.4 Å². The van der Waals surface area contributed by atoms with Crippen molar-refractivity contribution in [3.8, 4) is 17.2 Å². The molecular formula is C20H19N5O3S. The summed E-state index contributed by atoms with van der Waals surface area (Å²) < 4.78 is 12.1. The molecule has 3 aromatic heterocycles. The summed E-state index contributed by atoms with van der Waals surface area (Å²) >= 11 is 1.29. The van der Waals surface area contributed by atoms with E-state index in [1.807, 2.05) is 42.5 Å². The molecule has 9 heteroatoms. The van der Waals surface area contributed by atoms with Crippen LogP contribution >= 0.6 is 11.8 Å². The van der Waals surface area contributed by atoms with Gasteiger partial charge >= 0.3 is 0 Å². The van der Waals surface area contributed by atoms with Gasteiger partial charge in [-0.2, -0.15) is 9.61 Å². The van der Waals surface area contributed by atoms with Crippen molar-refractivity contribution < 1.29 is 13.9 Å². The molecule has 0 radical (unpaired) electrons. The molecule has 0 saturated heterocycles. The molecule has 1 amide bonds. The number of rotatable bonds is 8. The van der Waals surface area contributed by atoms with Crippen molar-refractivity contribution in [2.24, 2.45) is 0 Å². The zero-order valence-corrected chi connectivity index (χ0v) is 16.6. The quantitative estimate of drug-likeness (QED) is 0.447. The van der Waals surface area contributed by atoms with Crippen molar-refractivity contribution in [2.75, 3.05) is 19.4 Å². The first-order valence-corrected chi connectivity index (χ1v) is 10.0. The van der Waals surface area contributed by atoms with Crippen molar-refractivity contribution in [3.63, 3.8) is 0 Å². The average Bonchev–Trinajstić information content (AvgIpc) is 3.42. The fourth-order valence-electron chi connectivity index (χ4n) is 2.73. The Morgan fingerprint density at radius 1 is 1.17 bits per heavy atom. The van der Waals surface area contributed by atoms with Crippen molar-refractivity contribution in [1.29, 1.82) is 0 Å². The molecule has 29 heavy (non-hydrogen) atoms. The van der Waals surface area contributed by atoms with Gasteiger partial charge in [-0.15, -0.1) is 10.2 Å². The number of nitrogens with zero attached hydrogens (tertiary/aromatic N) is 4. The first-order valence-electron chi connectivity index (χ1n) is 9.02. The maximum Gasteiger partial charge on any atom is 0.230 e. The number of thioether (sulfide) groups is 1. The van der Waals surface area contributed by atoms with Gasteiger partial charge in [0.2, 0.25) is 11.1 Å². The van der Waals surface area contributed by atoms with E-state index >= 15 is 0 Å². The Kier molecular flexibility index (Phi) is 5.76. The van der Waals surface area contributed by atoms with Gasteiger partial charge in [0.25, 0.3) is 0 Å². The number of hydrogen-bond acceptors (Lipinski definition) is 7. The van der Waals surface area contributed by atoms with Crippen molar-refractivity contribution in [3.05, 3.63) is 60.4 Å². The third-order valence-electron chi connectivity index (χ3n) is 4.24. The van der Waals surface area contributed by atoms with Crippen LogP contribution in [-0.2, 0) is 11.2 Å². The minimum Gasteiger partial charge on any atom is -0.497 e. The first-order chi connectivity index (χ1) is 14.2. The average molecular weight is 409 g/mol. The smallest absolute Gasteiger partial charge is 0.230 e. The van der Waals surface area contributed by atoms with E-state index in [1.54, 1.807) is 24.0 Å². The summed E-state index contributed by atoms with van der Waals surface area (Å²) in [5.74, 6) is 1.64. The van der Waals surface area contributed by atoms with Crippen LogP contribution in [0.4, 0.5) is 0 Å². The Morgan fingerprint density at radius 3 is 2.79 bits per heavy atom. The van der Waals surface area contributed by atoms with Gasteiger partial charge < -0.3 is 14.5 Å². The number of amides is 1. The van der Waals surface area contributed by atoms with E-state index in [1.165, 1.54) is 11.8 Å². The Balaban J connectivity index is 1.31. The highest BCUT2D eigenvalue weighted by molar-refractivity contribution is 7.99. The van der Waals surface area contributed by atoms with Crippen LogP contribution in [0, 0.1) is 0 Å². The molecule has 0 spiro atoms. The fraction of sp³-hybridized carbons (Fsp3) is 0.200. The molecule has 0 aliphatic heterocycles. The number of furan rings is 1. The number of fused-ring (bicyclic) bond motifs is 1. The Hall–Kier alpha value is -3.33. The van der Waals surface area contributed by atoms with E-state index < -0.39 is 0 Å². The van der Waals surface area contributed by atoms with Crippen LogP contribution < -0.4 is 10.1 Å². The van der Waals surface area contributed by atoms with Gasteiger partial charge in [0.15, 0.2) is 11.4 Å². The van der Waals surface area contributed by atoms with E-state index in [9.17, 15) is 4.79 Å². The summed E-state index contributed by atoms with van der Waals surface area (Å²) in [7, 11) is 1.64. The van der Waals surface area contributed by atoms with Crippen LogP contribution in [0.1, 0.15) is 5.56 Å². The van der Waals surface area contributed by atoms with Crippen LogP contribution in [0.25, 0.3) is 17.1 Å². The lowest BCUT2D eigenvalue weighted by Crippen LogP contribution is -2.27. The molecule has 1 aromatic carbocycles. The molecule has 4 aromatic rings. The number of carbonyl (C=O) groups excluding carboxylic acids is 1. The van der Waals surface area contributed by atoms with Crippen LogP contribution in [0.2, 0.25) is 0 Å². The second-order valence-electron chi connectivity index (χ2n) is 6.19. The number of nitrogens with one attached hydrogen (secondary N) is 1. The van der Waals surface area contributed by atoms with E-state index in [2.05, 4.69) is 20.6 Å². The molecule has 0 fully saturated rings. The lowest BCUT2D eigenvalue weighted by molar-refractivity contribution is -0.118. The maximum absolute atomic E-state index is 12.2. The number of aromatic nitrogens is 4. The monoisotopic (exact) mass is 409 g/mol. The van der Waals surface area contributed by atoms with Crippen LogP contribution in [0.15, 0.2) is 64.4 Å². The summed E-state index contributed by atoms with van der Waals surface area (Å²) in [4.78, 5) is 12.2. The van der Waals surface area contributed by atoms with Gasteiger partial charge in [-0.25, -0.2) is 0 Å². The Morgan fingerprint density at radius 2 is 2.03 bits per heavy atom. The molecule has 0 aliphatic rings. The molecule has 1 N–H and O–H groups in total. The number of ether oxygens (including phenoxy) is 1.